The van der Waals surface area contributed by atoms with E-state index < -0.39 is 5.41 Å². The molecule has 0 saturated carbocycles. The van der Waals surface area contributed by atoms with Gasteiger partial charge in [0.15, 0.2) is 0 Å². The smallest absolute Gasteiger partial charge is 0.231 e. The molecule has 3 nitrogen and oxygen atoms in total. The largest absolute Gasteiger partial charge is 0.325 e. The van der Waals surface area contributed by atoms with Gasteiger partial charge in [0.1, 0.15) is 5.82 Å². The van der Waals surface area contributed by atoms with Crippen LogP contribution in [0.4, 0.5) is 10.1 Å². The highest BCUT2D eigenvalue weighted by Crippen LogP contribution is 2.28. The first-order valence-corrected chi connectivity index (χ1v) is 6.30. The molecular weight excluding hydrogens is 231 g/mol. The van der Waals surface area contributed by atoms with Gasteiger partial charge in [-0.15, -0.1) is 0 Å². The maximum absolute atomic E-state index is 13.2. The normalized spacial score (nSPS) is 23.7. The van der Waals surface area contributed by atoms with Crippen LogP contribution in [0.5, 0.6) is 0 Å². The van der Waals surface area contributed by atoms with E-state index in [9.17, 15) is 9.18 Å². The van der Waals surface area contributed by atoms with Gasteiger partial charge >= 0.3 is 0 Å². The molecule has 1 unspecified atom stereocenters. The molecular formula is C14H19FN2O. The minimum absolute atomic E-state index is 0.0385. The first kappa shape index (κ1) is 13.0. The van der Waals surface area contributed by atoms with Crippen LogP contribution in [0, 0.1) is 18.2 Å². The number of hydrogen-bond acceptors (Lipinski definition) is 2. The second-order valence-corrected chi connectivity index (χ2v) is 5.25. The molecule has 18 heavy (non-hydrogen) atoms. The predicted octanol–water partition coefficient (Wildman–Crippen LogP) is 2.46. The van der Waals surface area contributed by atoms with Gasteiger partial charge in [0.05, 0.1) is 5.41 Å². The van der Waals surface area contributed by atoms with E-state index >= 15 is 0 Å². The van der Waals surface area contributed by atoms with Gasteiger partial charge in [0.25, 0.3) is 0 Å². The second-order valence-electron chi connectivity index (χ2n) is 5.25. The van der Waals surface area contributed by atoms with Gasteiger partial charge in [-0.1, -0.05) is 6.07 Å². The summed E-state index contributed by atoms with van der Waals surface area (Å²) in [5.41, 5.74) is 1.03. The van der Waals surface area contributed by atoms with Crippen molar-refractivity contribution in [3.05, 3.63) is 29.6 Å². The molecule has 98 valence electrons. The molecule has 0 radical (unpaired) electrons. The molecule has 4 heteroatoms. The highest BCUT2D eigenvalue weighted by atomic mass is 19.1. The van der Waals surface area contributed by atoms with E-state index in [4.69, 9.17) is 0 Å². The molecule has 1 atom stereocenters. The molecule has 1 saturated heterocycles. The molecule has 0 aromatic heterocycles. The number of carbonyl (C=O) groups excluding carboxylic acids is 1. The number of carbonyl (C=O) groups is 1. The van der Waals surface area contributed by atoms with Crippen LogP contribution in [-0.4, -0.2) is 19.0 Å². The molecule has 2 rings (SSSR count). The summed E-state index contributed by atoms with van der Waals surface area (Å²) in [5.74, 6) is -0.369. The van der Waals surface area contributed by atoms with Crippen LogP contribution >= 0.6 is 0 Å². The molecule has 2 N–H and O–H groups in total. The number of anilines is 1. The van der Waals surface area contributed by atoms with E-state index in [1.807, 2.05) is 13.8 Å². The number of nitrogens with one attached hydrogen (secondary N) is 2. The summed E-state index contributed by atoms with van der Waals surface area (Å²) >= 11 is 0. The Labute approximate surface area is 107 Å². The summed E-state index contributed by atoms with van der Waals surface area (Å²) in [6, 6.07) is 4.44. The number of aryl methyl sites for hydroxylation is 1. The van der Waals surface area contributed by atoms with E-state index in [-0.39, 0.29) is 11.7 Å². The molecule has 1 amide bonds. The Hall–Kier alpha value is -1.42. The Kier molecular flexibility index (Phi) is 3.66. The van der Waals surface area contributed by atoms with Crippen molar-refractivity contribution in [3.8, 4) is 0 Å². The van der Waals surface area contributed by atoms with Crippen molar-refractivity contribution in [2.24, 2.45) is 5.41 Å². The average molecular weight is 250 g/mol. The van der Waals surface area contributed by atoms with E-state index in [2.05, 4.69) is 10.6 Å². The minimum Gasteiger partial charge on any atom is -0.325 e. The summed E-state index contributed by atoms with van der Waals surface area (Å²) in [6.07, 6.45) is 1.85. The number of hydrogen-bond donors (Lipinski definition) is 2. The van der Waals surface area contributed by atoms with Crippen molar-refractivity contribution in [2.45, 2.75) is 26.7 Å². The maximum atomic E-state index is 13.2. The monoisotopic (exact) mass is 250 g/mol. The summed E-state index contributed by atoms with van der Waals surface area (Å²) in [4.78, 5) is 12.3. The molecule has 1 aromatic rings. The maximum Gasteiger partial charge on any atom is 0.231 e. The van der Waals surface area contributed by atoms with Gasteiger partial charge < -0.3 is 10.6 Å². The quantitative estimate of drug-likeness (QED) is 0.846. The topological polar surface area (TPSA) is 41.1 Å². The lowest BCUT2D eigenvalue weighted by molar-refractivity contribution is -0.125. The van der Waals surface area contributed by atoms with Crippen LogP contribution < -0.4 is 10.6 Å². The lowest BCUT2D eigenvalue weighted by Crippen LogP contribution is -2.46. The molecule has 1 heterocycles. The Morgan fingerprint density at radius 3 is 2.94 bits per heavy atom. The standard InChI is InChI=1S/C14H19FN2O/c1-10-4-5-11(15)8-12(10)17-13(18)14(2)6-3-7-16-9-14/h4-5,8,16H,3,6-7,9H2,1-2H3,(H,17,18). The third-order valence-corrected chi connectivity index (χ3v) is 3.59. The number of rotatable bonds is 2. The first-order valence-electron chi connectivity index (χ1n) is 6.30. The van der Waals surface area contributed by atoms with Crippen LogP contribution in [0.3, 0.4) is 0 Å². The van der Waals surface area contributed by atoms with Gasteiger partial charge in [-0.05, 0) is 50.9 Å². The van der Waals surface area contributed by atoms with Gasteiger partial charge in [-0.3, -0.25) is 4.79 Å². The van der Waals surface area contributed by atoms with E-state index in [1.165, 1.54) is 12.1 Å². The molecule has 1 aliphatic rings. The van der Waals surface area contributed by atoms with Gasteiger partial charge in [-0.25, -0.2) is 4.39 Å². The lowest BCUT2D eigenvalue weighted by atomic mass is 9.82. The Morgan fingerprint density at radius 2 is 2.28 bits per heavy atom. The van der Waals surface area contributed by atoms with Crippen molar-refractivity contribution in [1.82, 2.24) is 5.32 Å². The SMILES string of the molecule is Cc1ccc(F)cc1NC(=O)C1(C)CCCNC1. The number of piperidine rings is 1. The zero-order valence-corrected chi connectivity index (χ0v) is 10.8. The Morgan fingerprint density at radius 1 is 1.50 bits per heavy atom. The Bertz CT molecular complexity index is 453. The third-order valence-electron chi connectivity index (χ3n) is 3.59. The number of amides is 1. The summed E-state index contributed by atoms with van der Waals surface area (Å²) in [5, 5.41) is 6.08. The summed E-state index contributed by atoms with van der Waals surface area (Å²) in [6.45, 7) is 5.44. The van der Waals surface area contributed by atoms with Crippen molar-refractivity contribution >= 4 is 11.6 Å². The van der Waals surface area contributed by atoms with Crippen molar-refractivity contribution in [3.63, 3.8) is 0 Å². The number of halogens is 1. The Balaban J connectivity index is 2.13. The van der Waals surface area contributed by atoms with Crippen LogP contribution in [0.15, 0.2) is 18.2 Å². The highest BCUT2D eigenvalue weighted by molar-refractivity contribution is 5.95. The van der Waals surface area contributed by atoms with Gasteiger partial charge in [0, 0.05) is 12.2 Å². The lowest BCUT2D eigenvalue weighted by Gasteiger charge is -2.32. The molecule has 1 fully saturated rings. The van der Waals surface area contributed by atoms with Crippen molar-refractivity contribution in [1.29, 1.82) is 0 Å². The summed E-state index contributed by atoms with van der Waals surface area (Å²) in [7, 11) is 0. The zero-order valence-electron chi connectivity index (χ0n) is 10.8. The molecule has 1 aliphatic heterocycles. The number of benzene rings is 1. The second kappa shape index (κ2) is 5.06. The van der Waals surface area contributed by atoms with Gasteiger partial charge in [0.2, 0.25) is 5.91 Å². The van der Waals surface area contributed by atoms with Gasteiger partial charge in [-0.2, -0.15) is 0 Å². The fourth-order valence-corrected chi connectivity index (χ4v) is 2.25. The van der Waals surface area contributed by atoms with E-state index in [1.54, 1.807) is 6.07 Å². The molecule has 0 spiro atoms. The van der Waals surface area contributed by atoms with E-state index in [0.29, 0.717) is 12.2 Å². The molecule has 0 bridgehead atoms. The molecule has 0 aliphatic carbocycles. The first-order chi connectivity index (χ1) is 8.51. The van der Waals surface area contributed by atoms with Crippen LogP contribution in [0.25, 0.3) is 0 Å². The third kappa shape index (κ3) is 2.70. The fourth-order valence-electron chi connectivity index (χ4n) is 2.25. The minimum atomic E-state index is -0.406. The predicted molar refractivity (Wildman–Crippen MR) is 70.0 cm³/mol. The van der Waals surface area contributed by atoms with Crippen LogP contribution in [0.1, 0.15) is 25.3 Å². The fraction of sp³-hybridized carbons (Fsp3) is 0.500. The average Bonchev–Trinajstić information content (AvgIpc) is 2.35. The summed E-state index contributed by atoms with van der Waals surface area (Å²) < 4.78 is 13.2. The van der Waals surface area contributed by atoms with Crippen LogP contribution in [-0.2, 0) is 4.79 Å². The highest BCUT2D eigenvalue weighted by Gasteiger charge is 2.34. The zero-order chi connectivity index (χ0) is 13.2. The van der Waals surface area contributed by atoms with E-state index in [0.717, 1.165) is 24.9 Å². The molecule has 1 aromatic carbocycles. The van der Waals surface area contributed by atoms with Crippen molar-refractivity contribution < 1.29 is 9.18 Å². The van der Waals surface area contributed by atoms with Crippen LogP contribution in [0.2, 0.25) is 0 Å². The van der Waals surface area contributed by atoms with Crippen molar-refractivity contribution in [2.75, 3.05) is 18.4 Å².